The van der Waals surface area contributed by atoms with Crippen molar-refractivity contribution in [2.24, 2.45) is 17.8 Å². The van der Waals surface area contributed by atoms with Gasteiger partial charge in [0.15, 0.2) is 0 Å². The molecule has 0 unspecified atom stereocenters. The quantitative estimate of drug-likeness (QED) is 0.0755. The third kappa shape index (κ3) is 13.9. The van der Waals surface area contributed by atoms with E-state index in [1.165, 1.54) is 20.9 Å². The number of hydrogen-bond donors (Lipinski definition) is 8. The van der Waals surface area contributed by atoms with Gasteiger partial charge >= 0.3 is 0 Å². The smallest absolute Gasteiger partial charge is 0.252 e. The molecule has 2 rings (SSSR count). The molecule has 16 nitrogen and oxygen atoms in total. The topological polar surface area (TPSA) is 233 Å². The number of amides is 8. The Morgan fingerprint density at radius 3 is 1.40 bits per heavy atom. The van der Waals surface area contributed by atoms with E-state index in [1.807, 2.05) is 6.07 Å². The molecule has 8 N–H and O–H groups in total. The van der Waals surface area contributed by atoms with Crippen LogP contribution in [0.2, 0.25) is 0 Å². The van der Waals surface area contributed by atoms with Gasteiger partial charge in [-0.3, -0.25) is 38.4 Å². The second-order valence-corrected chi connectivity index (χ2v) is 20.7. The molecule has 0 aromatic heterocycles. The summed E-state index contributed by atoms with van der Waals surface area (Å²) in [5.74, 6) is -6.33. The molecule has 0 saturated carbocycles. The van der Waals surface area contributed by atoms with Crippen molar-refractivity contribution in [2.75, 3.05) is 7.05 Å². The molecule has 17 heteroatoms. The molecule has 67 heavy (non-hydrogen) atoms. The van der Waals surface area contributed by atoms with Crippen molar-refractivity contribution in [1.29, 1.82) is 0 Å². The van der Waals surface area contributed by atoms with Crippen molar-refractivity contribution < 1.29 is 38.4 Å². The van der Waals surface area contributed by atoms with E-state index >= 15 is 0 Å². The molecule has 0 aliphatic rings. The number of likely N-dealkylation sites (N-methyl/N-ethyl adjacent to an activating group) is 1. The van der Waals surface area contributed by atoms with Gasteiger partial charge < -0.3 is 42.5 Å². The molecule has 372 valence electrons. The van der Waals surface area contributed by atoms with Crippen molar-refractivity contribution in [1.82, 2.24) is 42.5 Å². The van der Waals surface area contributed by atoms with Crippen LogP contribution in [0.3, 0.4) is 0 Å². The molecule has 8 amide bonds. The van der Waals surface area contributed by atoms with Crippen molar-refractivity contribution >= 4 is 63.2 Å². The summed E-state index contributed by atoms with van der Waals surface area (Å²) >= 11 is 3.36. The Bertz CT molecular complexity index is 2140. The average Bonchev–Trinajstić information content (AvgIpc) is 3.27. The molecule has 0 bridgehead atoms. The molecular weight excluding hydrogens is 921 g/mol. The highest BCUT2D eigenvalue weighted by Gasteiger charge is 2.50. The zero-order valence-corrected chi connectivity index (χ0v) is 44.1. The first-order valence-corrected chi connectivity index (χ1v) is 23.9. The molecule has 0 heterocycles. The highest BCUT2D eigenvalue weighted by Crippen LogP contribution is 2.26. The van der Waals surface area contributed by atoms with E-state index in [0.29, 0.717) is 15.6 Å². The zero-order valence-electron chi connectivity index (χ0n) is 42.5. The molecule has 2 aromatic rings. The molecule has 0 fully saturated rings. The maximum absolute atomic E-state index is 14.8. The van der Waals surface area contributed by atoms with Gasteiger partial charge in [0, 0.05) is 23.5 Å². The van der Waals surface area contributed by atoms with Gasteiger partial charge in [0.1, 0.15) is 39.3 Å². The van der Waals surface area contributed by atoms with Gasteiger partial charge in [-0.1, -0.05) is 115 Å². The normalized spacial score (nSPS) is 17.3. The molecule has 0 aliphatic heterocycles. The van der Waals surface area contributed by atoms with Crippen LogP contribution in [0.15, 0.2) is 59.1 Å². The van der Waals surface area contributed by atoms with Gasteiger partial charge in [0.05, 0.1) is 0 Å². The van der Waals surface area contributed by atoms with Gasteiger partial charge in [-0.15, -0.1) is 0 Å². The van der Waals surface area contributed by atoms with Crippen LogP contribution in [0.25, 0.3) is 0 Å². The van der Waals surface area contributed by atoms with Gasteiger partial charge in [-0.25, -0.2) is 0 Å². The summed E-state index contributed by atoms with van der Waals surface area (Å²) in [4.78, 5) is 112. The molecule has 2 aromatic carbocycles. The second-order valence-electron chi connectivity index (χ2n) is 19.8. The SMILES string of the molecule is CC[C@](C)(NC(=O)c1cccc(Br)c1)C(=O)N[C@H](C(=O)N[C@@](C)(CC)C(=O)N[C@](C)(C(=O)N[C@@](C)(Cc1ccccc1)C(=O)N[C@](C)(C(=O)N[C@@](C)(CC)C(=O)NC)C(C)C)C(C)C)C(C)C. The fourth-order valence-electron chi connectivity index (χ4n) is 6.95. The van der Waals surface area contributed by atoms with Crippen LogP contribution in [0.1, 0.15) is 139 Å². The Kier molecular flexibility index (Phi) is 19.9. The third-order valence-corrected chi connectivity index (χ3v) is 14.1. The Labute approximate surface area is 406 Å². The first-order chi connectivity index (χ1) is 30.9. The van der Waals surface area contributed by atoms with Crippen LogP contribution in [0.4, 0.5) is 0 Å². The second kappa shape index (κ2) is 23.1. The van der Waals surface area contributed by atoms with E-state index < -0.39 is 104 Å². The number of hydrogen-bond acceptors (Lipinski definition) is 8. The lowest BCUT2D eigenvalue weighted by Crippen LogP contribution is -2.72. The lowest BCUT2D eigenvalue weighted by Gasteiger charge is -2.42. The fourth-order valence-corrected chi connectivity index (χ4v) is 7.35. The molecular formula is C50H77BrN8O8. The van der Waals surface area contributed by atoms with E-state index in [1.54, 1.807) is 139 Å². The molecule has 0 saturated heterocycles. The summed E-state index contributed by atoms with van der Waals surface area (Å²) < 4.78 is 0.689. The van der Waals surface area contributed by atoms with Crippen molar-refractivity contribution in [3.05, 3.63) is 70.2 Å². The first-order valence-electron chi connectivity index (χ1n) is 23.1. The van der Waals surface area contributed by atoms with Crippen molar-refractivity contribution in [3.8, 4) is 0 Å². The van der Waals surface area contributed by atoms with Crippen LogP contribution in [-0.4, -0.2) is 93.6 Å². The van der Waals surface area contributed by atoms with E-state index in [0.717, 1.165) is 0 Å². The summed E-state index contributed by atoms with van der Waals surface area (Å²) in [6.07, 6.45) is 0.538. The fraction of sp³-hybridized carbons (Fsp3) is 0.600. The minimum absolute atomic E-state index is 0.00984. The van der Waals surface area contributed by atoms with Crippen LogP contribution >= 0.6 is 15.9 Å². The first kappa shape index (κ1) is 57.8. The standard InChI is InChI=1S/C50H77BrN8O8/c1-17-45(10,39(62)52-16)56-43(66)49(14,31(6)7)59-42(65)48(13,29-33-24-21-20-22-25-33)57-44(67)50(15,32(8)9)58-41(64)47(12,19-3)55-38(61)36(30(4)5)53-40(63)46(11,18-2)54-37(60)34-26-23-27-35(51)28-34/h20-28,30-32,36H,17-19,29H2,1-16H3,(H,52,62)(H,53,63)(H,54,60)(H,55,61)(H,56,66)(H,57,67)(H,58,64)(H,59,65)/t36-,45-,46-,47-,48-,49-,50-/m0/s1. The number of benzene rings is 2. The van der Waals surface area contributed by atoms with Gasteiger partial charge in [-0.05, 0) is 102 Å². The largest absolute Gasteiger partial charge is 0.357 e. The number of carbonyl (C=O) groups is 8. The Morgan fingerprint density at radius 1 is 0.522 bits per heavy atom. The lowest BCUT2D eigenvalue weighted by molar-refractivity contribution is -0.144. The van der Waals surface area contributed by atoms with Gasteiger partial charge in [0.2, 0.25) is 41.4 Å². The molecule has 0 spiro atoms. The third-order valence-electron chi connectivity index (χ3n) is 13.6. The summed E-state index contributed by atoms with van der Waals surface area (Å²) in [6, 6.07) is 14.6. The minimum Gasteiger partial charge on any atom is -0.357 e. The van der Waals surface area contributed by atoms with Crippen LogP contribution in [0, 0.1) is 17.8 Å². The van der Waals surface area contributed by atoms with Crippen molar-refractivity contribution in [2.45, 2.75) is 169 Å². The highest BCUT2D eigenvalue weighted by atomic mass is 79.9. The maximum Gasteiger partial charge on any atom is 0.252 e. The summed E-state index contributed by atoms with van der Waals surface area (Å²) in [5.41, 5.74) is -8.19. The Morgan fingerprint density at radius 2 is 0.970 bits per heavy atom. The number of halogens is 1. The predicted octanol–water partition coefficient (Wildman–Crippen LogP) is 4.98. The van der Waals surface area contributed by atoms with Crippen molar-refractivity contribution in [3.63, 3.8) is 0 Å². The lowest BCUT2D eigenvalue weighted by atomic mass is 9.82. The summed E-state index contributed by atoms with van der Waals surface area (Å²) in [7, 11) is 1.47. The van der Waals surface area contributed by atoms with E-state index in [4.69, 9.17) is 0 Å². The molecule has 0 aliphatic carbocycles. The van der Waals surface area contributed by atoms with Crippen LogP contribution in [-0.2, 0) is 40.0 Å². The Hall–Kier alpha value is -5.32. The maximum atomic E-state index is 14.8. The number of rotatable bonds is 23. The number of carbonyl (C=O) groups excluding carboxylic acids is 8. The number of nitrogens with one attached hydrogen (secondary N) is 8. The van der Waals surface area contributed by atoms with Crippen LogP contribution < -0.4 is 42.5 Å². The minimum atomic E-state index is -1.71. The monoisotopic (exact) mass is 997 g/mol. The van der Waals surface area contributed by atoms with E-state index in [9.17, 15) is 38.4 Å². The molecule has 0 radical (unpaired) electrons. The predicted molar refractivity (Wildman–Crippen MR) is 264 cm³/mol. The zero-order chi connectivity index (χ0) is 51.5. The van der Waals surface area contributed by atoms with Gasteiger partial charge in [0.25, 0.3) is 5.91 Å². The average molecular weight is 998 g/mol. The van der Waals surface area contributed by atoms with E-state index in [-0.39, 0.29) is 25.7 Å². The Balaban J connectivity index is 2.48. The molecule has 7 atom stereocenters. The highest BCUT2D eigenvalue weighted by molar-refractivity contribution is 9.10. The summed E-state index contributed by atoms with van der Waals surface area (Å²) in [6.45, 7) is 25.0. The van der Waals surface area contributed by atoms with Crippen LogP contribution in [0.5, 0.6) is 0 Å². The van der Waals surface area contributed by atoms with Gasteiger partial charge in [-0.2, -0.15) is 0 Å². The summed E-state index contributed by atoms with van der Waals surface area (Å²) in [5, 5.41) is 22.6. The van der Waals surface area contributed by atoms with E-state index in [2.05, 4.69) is 58.5 Å².